The zero-order valence-corrected chi connectivity index (χ0v) is 14.5. The number of hydrazine groups is 1. The Morgan fingerprint density at radius 1 is 1.30 bits per heavy atom. The molecule has 3 atom stereocenters. The molecule has 1 saturated heterocycles. The average molecular weight is 327 g/mol. The van der Waals surface area contributed by atoms with E-state index in [9.17, 15) is 14.4 Å². The van der Waals surface area contributed by atoms with Gasteiger partial charge in [0.15, 0.2) is 0 Å². The second-order valence-electron chi connectivity index (χ2n) is 6.52. The minimum absolute atomic E-state index is 0.115. The van der Waals surface area contributed by atoms with Crippen LogP contribution < -0.4 is 10.7 Å². The van der Waals surface area contributed by atoms with E-state index < -0.39 is 18.1 Å². The summed E-state index contributed by atoms with van der Waals surface area (Å²) < 4.78 is 0. The van der Waals surface area contributed by atoms with E-state index in [-0.39, 0.29) is 23.7 Å². The Labute approximate surface area is 137 Å². The predicted octanol–water partition coefficient (Wildman–Crippen LogP) is 1.14. The quantitative estimate of drug-likeness (QED) is 0.651. The molecule has 1 aliphatic rings. The summed E-state index contributed by atoms with van der Waals surface area (Å²) in [6, 6.07) is -1.43. The summed E-state index contributed by atoms with van der Waals surface area (Å²) in [4.78, 5) is 35.8. The van der Waals surface area contributed by atoms with Crippen molar-refractivity contribution < 1.29 is 19.5 Å². The molecule has 7 heteroatoms. The number of carbonyl (C=O) groups is 3. The Morgan fingerprint density at radius 2 is 1.96 bits per heavy atom. The number of nitrogens with one attached hydrogen (secondary N) is 2. The number of nitrogens with zero attached hydrogens (tertiary/aromatic N) is 1. The maximum atomic E-state index is 12.4. The third kappa shape index (κ3) is 5.49. The van der Waals surface area contributed by atoms with Crippen molar-refractivity contribution in [2.24, 2.45) is 11.8 Å². The number of aliphatic carboxylic acids is 1. The molecule has 1 fully saturated rings. The van der Waals surface area contributed by atoms with Crippen molar-refractivity contribution in [2.45, 2.75) is 65.5 Å². The maximum Gasteiger partial charge on any atom is 0.322 e. The molecule has 7 nitrogen and oxygen atoms in total. The normalized spacial score (nSPS) is 20.9. The van der Waals surface area contributed by atoms with Gasteiger partial charge in [-0.3, -0.25) is 19.4 Å². The van der Waals surface area contributed by atoms with Gasteiger partial charge in [-0.2, -0.15) is 0 Å². The molecule has 132 valence electrons. The summed E-state index contributed by atoms with van der Waals surface area (Å²) in [6.45, 7) is 8.11. The molecule has 3 N–H and O–H groups in total. The molecule has 0 aromatic rings. The summed E-state index contributed by atoms with van der Waals surface area (Å²) in [5, 5.41) is 13.1. The highest BCUT2D eigenvalue weighted by Gasteiger charge is 2.31. The second kappa shape index (κ2) is 8.86. The zero-order valence-electron chi connectivity index (χ0n) is 14.5. The highest BCUT2D eigenvalue weighted by atomic mass is 16.4. The van der Waals surface area contributed by atoms with Crippen LogP contribution in [0.25, 0.3) is 0 Å². The lowest BCUT2D eigenvalue weighted by Crippen LogP contribution is -2.59. The Bertz CT molecular complexity index is 439. The molecule has 0 aliphatic carbocycles. The van der Waals surface area contributed by atoms with Crippen LogP contribution in [0.5, 0.6) is 0 Å². The predicted molar refractivity (Wildman–Crippen MR) is 86.3 cm³/mol. The fraction of sp³-hybridized carbons (Fsp3) is 0.812. The first-order valence-corrected chi connectivity index (χ1v) is 8.38. The van der Waals surface area contributed by atoms with E-state index in [0.717, 1.165) is 12.8 Å². The van der Waals surface area contributed by atoms with Gasteiger partial charge in [0.05, 0.1) is 0 Å². The molecule has 23 heavy (non-hydrogen) atoms. The van der Waals surface area contributed by atoms with Gasteiger partial charge in [0.25, 0.3) is 5.91 Å². The van der Waals surface area contributed by atoms with E-state index in [1.807, 2.05) is 20.8 Å². The lowest BCUT2D eigenvalue weighted by atomic mass is 9.90. The molecule has 1 heterocycles. The third-order valence-electron chi connectivity index (χ3n) is 4.22. The number of carboxylic acid groups (broad SMARTS) is 1. The lowest BCUT2D eigenvalue weighted by molar-refractivity contribution is -0.148. The van der Waals surface area contributed by atoms with Crippen molar-refractivity contribution in [3.63, 3.8) is 0 Å². The average Bonchev–Trinajstić information content (AvgIpc) is 2.51. The molecule has 1 rings (SSSR count). The van der Waals surface area contributed by atoms with Gasteiger partial charge >= 0.3 is 5.97 Å². The van der Waals surface area contributed by atoms with Gasteiger partial charge in [-0.25, -0.2) is 5.43 Å². The zero-order chi connectivity index (χ0) is 17.6. The van der Waals surface area contributed by atoms with Crippen molar-refractivity contribution in [3.05, 3.63) is 0 Å². The van der Waals surface area contributed by atoms with E-state index in [0.29, 0.717) is 19.4 Å². The van der Waals surface area contributed by atoms with E-state index >= 15 is 0 Å². The first-order chi connectivity index (χ1) is 10.8. The van der Waals surface area contributed by atoms with E-state index in [4.69, 9.17) is 5.11 Å². The van der Waals surface area contributed by atoms with Crippen LogP contribution in [0.3, 0.4) is 0 Å². The monoisotopic (exact) mass is 327 g/mol. The van der Waals surface area contributed by atoms with Crippen molar-refractivity contribution >= 4 is 17.8 Å². The summed E-state index contributed by atoms with van der Waals surface area (Å²) >= 11 is 0. The molecular weight excluding hydrogens is 298 g/mol. The molecule has 0 bridgehead atoms. The molecule has 1 aliphatic heterocycles. The number of carbonyl (C=O) groups excluding carboxylic acids is 2. The smallest absolute Gasteiger partial charge is 0.322 e. The number of hydrogen-bond acceptors (Lipinski definition) is 4. The van der Waals surface area contributed by atoms with Gasteiger partial charge in [0, 0.05) is 12.5 Å². The van der Waals surface area contributed by atoms with Crippen molar-refractivity contribution in [3.8, 4) is 0 Å². The first-order valence-electron chi connectivity index (χ1n) is 8.38. The highest BCUT2D eigenvalue weighted by Crippen LogP contribution is 2.17. The molecule has 0 aromatic heterocycles. The minimum Gasteiger partial charge on any atom is -0.480 e. The number of hydrogen-bond donors (Lipinski definition) is 3. The van der Waals surface area contributed by atoms with Crippen molar-refractivity contribution in [2.75, 3.05) is 6.54 Å². The molecule has 0 radical (unpaired) electrons. The van der Waals surface area contributed by atoms with Crippen LogP contribution in [0, 0.1) is 11.8 Å². The van der Waals surface area contributed by atoms with Gasteiger partial charge in [-0.05, 0) is 32.1 Å². The fourth-order valence-corrected chi connectivity index (χ4v) is 2.82. The molecular formula is C16H29N3O4. The topological polar surface area (TPSA) is 98.7 Å². The van der Waals surface area contributed by atoms with Crippen molar-refractivity contribution in [1.29, 1.82) is 0 Å². The summed E-state index contributed by atoms with van der Waals surface area (Å²) in [6.07, 6.45) is 2.81. The first kappa shape index (κ1) is 19.4. The standard InChI is InChI=1S/C16H29N3O4/c1-5-7-12(10(2)3)14(20)17-11(4)15(21)19-9-6-8-13(18-19)16(22)23/h10-13,18H,5-9H2,1-4H3,(H,17,20)(H,22,23)/t11-,12-,13-/m0/s1. The lowest BCUT2D eigenvalue weighted by Gasteiger charge is -2.34. The van der Waals surface area contributed by atoms with E-state index in [1.54, 1.807) is 6.92 Å². The third-order valence-corrected chi connectivity index (χ3v) is 4.22. The molecule has 2 amide bonds. The van der Waals surface area contributed by atoms with Crippen LogP contribution in [0.15, 0.2) is 0 Å². The summed E-state index contributed by atoms with van der Waals surface area (Å²) in [5.41, 5.74) is 2.72. The van der Waals surface area contributed by atoms with Crippen LogP contribution >= 0.6 is 0 Å². The van der Waals surface area contributed by atoms with Crippen LogP contribution in [0.2, 0.25) is 0 Å². The second-order valence-corrected chi connectivity index (χ2v) is 6.52. The van der Waals surface area contributed by atoms with Gasteiger partial charge in [-0.15, -0.1) is 0 Å². The van der Waals surface area contributed by atoms with Crippen molar-refractivity contribution in [1.82, 2.24) is 15.8 Å². The Morgan fingerprint density at radius 3 is 2.48 bits per heavy atom. The van der Waals surface area contributed by atoms with E-state index in [2.05, 4.69) is 10.7 Å². The number of rotatable bonds is 7. The SMILES string of the molecule is CCC[C@H](C(=O)N[C@@H](C)C(=O)N1CCC[C@@H](C(=O)O)N1)C(C)C. The molecule has 0 spiro atoms. The number of carboxylic acids is 1. The highest BCUT2D eigenvalue weighted by molar-refractivity contribution is 5.88. The summed E-state index contributed by atoms with van der Waals surface area (Å²) in [5.74, 6) is -1.29. The Kier molecular flexibility index (Phi) is 7.48. The Balaban J connectivity index is 2.62. The van der Waals surface area contributed by atoms with E-state index in [1.165, 1.54) is 5.01 Å². The fourth-order valence-electron chi connectivity index (χ4n) is 2.82. The number of amides is 2. The molecule has 0 aromatic carbocycles. The molecule has 0 unspecified atom stereocenters. The van der Waals surface area contributed by atoms with Gasteiger partial charge in [0.2, 0.25) is 5.91 Å². The van der Waals surface area contributed by atoms with Crippen LogP contribution in [0.1, 0.15) is 53.4 Å². The summed E-state index contributed by atoms with van der Waals surface area (Å²) in [7, 11) is 0. The minimum atomic E-state index is -0.970. The van der Waals surface area contributed by atoms with Crippen LogP contribution in [-0.4, -0.2) is 46.5 Å². The van der Waals surface area contributed by atoms with Gasteiger partial charge < -0.3 is 10.4 Å². The van der Waals surface area contributed by atoms with Crippen LogP contribution in [0.4, 0.5) is 0 Å². The largest absolute Gasteiger partial charge is 0.480 e. The molecule has 0 saturated carbocycles. The van der Waals surface area contributed by atoms with Gasteiger partial charge in [0.1, 0.15) is 12.1 Å². The van der Waals surface area contributed by atoms with Gasteiger partial charge in [-0.1, -0.05) is 27.2 Å². The van der Waals surface area contributed by atoms with Crippen LogP contribution in [-0.2, 0) is 14.4 Å². The maximum absolute atomic E-state index is 12.4. The Hall–Kier alpha value is -1.63.